The van der Waals surface area contributed by atoms with Crippen LogP contribution in [-0.4, -0.2) is 4.98 Å². The maximum Gasteiger partial charge on any atom is 0.0702 e. The van der Waals surface area contributed by atoms with Crippen molar-refractivity contribution in [3.63, 3.8) is 0 Å². The van der Waals surface area contributed by atoms with E-state index in [2.05, 4.69) is 91.6 Å². The van der Waals surface area contributed by atoms with E-state index in [1.807, 2.05) is 18.3 Å². The molecule has 3 aromatic carbocycles. The summed E-state index contributed by atoms with van der Waals surface area (Å²) in [4.78, 5) is 4.49. The van der Waals surface area contributed by atoms with Gasteiger partial charge in [0, 0.05) is 17.2 Å². The van der Waals surface area contributed by atoms with Crippen LogP contribution >= 0.6 is 0 Å². The van der Waals surface area contributed by atoms with Crippen LogP contribution in [0, 0.1) is 0 Å². The molecule has 1 aromatic heterocycles. The van der Waals surface area contributed by atoms with E-state index in [0.717, 1.165) is 11.3 Å². The highest BCUT2D eigenvalue weighted by Gasteiger charge is 2.35. The van der Waals surface area contributed by atoms with E-state index < -0.39 is 0 Å². The third-order valence-corrected chi connectivity index (χ3v) is 5.74. The zero-order valence-electron chi connectivity index (χ0n) is 15.6. The van der Waals surface area contributed by atoms with E-state index in [4.69, 9.17) is 0 Å². The molecule has 1 heteroatoms. The molecule has 0 radical (unpaired) electrons. The molecule has 130 valence electrons. The summed E-state index contributed by atoms with van der Waals surface area (Å²) in [7, 11) is 0. The van der Waals surface area contributed by atoms with Gasteiger partial charge in [-0.25, -0.2) is 0 Å². The molecule has 0 N–H and O–H groups in total. The molecule has 27 heavy (non-hydrogen) atoms. The molecule has 0 saturated carbocycles. The van der Waals surface area contributed by atoms with Gasteiger partial charge in [-0.15, -0.1) is 0 Å². The Hall–Kier alpha value is -3.19. The van der Waals surface area contributed by atoms with Crippen LogP contribution in [0.4, 0.5) is 0 Å². The molecule has 0 unspecified atom stereocenters. The fourth-order valence-electron chi connectivity index (χ4n) is 4.28. The van der Waals surface area contributed by atoms with Crippen molar-refractivity contribution in [2.75, 3.05) is 0 Å². The van der Waals surface area contributed by atoms with Crippen molar-refractivity contribution in [1.82, 2.24) is 4.98 Å². The van der Waals surface area contributed by atoms with Gasteiger partial charge >= 0.3 is 0 Å². The Morgan fingerprint density at radius 3 is 2.19 bits per heavy atom. The van der Waals surface area contributed by atoms with Crippen molar-refractivity contribution in [3.05, 3.63) is 102 Å². The van der Waals surface area contributed by atoms with Crippen LogP contribution in [0.25, 0.3) is 33.5 Å². The van der Waals surface area contributed by atoms with Crippen LogP contribution in [0.3, 0.4) is 0 Å². The number of aromatic nitrogens is 1. The van der Waals surface area contributed by atoms with Gasteiger partial charge in [0.1, 0.15) is 0 Å². The van der Waals surface area contributed by atoms with Gasteiger partial charge in [-0.2, -0.15) is 0 Å². The molecule has 0 spiro atoms. The lowest BCUT2D eigenvalue weighted by atomic mass is 9.81. The maximum absolute atomic E-state index is 4.49. The Kier molecular flexibility index (Phi) is 3.51. The second-order valence-corrected chi connectivity index (χ2v) is 7.73. The highest BCUT2D eigenvalue weighted by atomic mass is 14.7. The van der Waals surface area contributed by atoms with Gasteiger partial charge in [0.2, 0.25) is 0 Å². The van der Waals surface area contributed by atoms with E-state index in [1.165, 1.54) is 33.4 Å². The minimum atomic E-state index is 0.0283. The summed E-state index contributed by atoms with van der Waals surface area (Å²) in [5.41, 5.74) is 10.2. The molecular weight excluding hydrogens is 326 g/mol. The molecule has 5 rings (SSSR count). The second kappa shape index (κ2) is 5.92. The Balaban J connectivity index is 1.63. The quantitative estimate of drug-likeness (QED) is 0.392. The summed E-state index contributed by atoms with van der Waals surface area (Å²) < 4.78 is 0. The number of hydrogen-bond acceptors (Lipinski definition) is 1. The summed E-state index contributed by atoms with van der Waals surface area (Å²) in [6, 6.07) is 30.4. The number of pyridine rings is 1. The van der Waals surface area contributed by atoms with Crippen molar-refractivity contribution < 1.29 is 0 Å². The van der Waals surface area contributed by atoms with Gasteiger partial charge in [-0.05, 0) is 57.6 Å². The fraction of sp³-hybridized carbons (Fsp3) is 0.115. The van der Waals surface area contributed by atoms with Crippen LogP contribution < -0.4 is 0 Å². The van der Waals surface area contributed by atoms with E-state index in [0.29, 0.717) is 0 Å². The van der Waals surface area contributed by atoms with Crippen molar-refractivity contribution in [2.45, 2.75) is 19.3 Å². The predicted octanol–water partition coefficient (Wildman–Crippen LogP) is 6.72. The molecule has 0 aliphatic heterocycles. The zero-order chi connectivity index (χ0) is 18.4. The Morgan fingerprint density at radius 1 is 0.593 bits per heavy atom. The highest BCUT2D eigenvalue weighted by Crippen LogP contribution is 2.49. The normalized spacial score (nSPS) is 13.9. The summed E-state index contributed by atoms with van der Waals surface area (Å²) in [6.45, 7) is 4.65. The van der Waals surface area contributed by atoms with E-state index in [9.17, 15) is 0 Å². The molecule has 0 saturated heterocycles. The Bertz CT molecular complexity index is 1140. The Morgan fingerprint density at radius 2 is 1.33 bits per heavy atom. The number of rotatable bonds is 2. The third kappa shape index (κ3) is 2.50. The topological polar surface area (TPSA) is 12.9 Å². The summed E-state index contributed by atoms with van der Waals surface area (Å²) >= 11 is 0. The van der Waals surface area contributed by atoms with Crippen molar-refractivity contribution in [3.8, 4) is 33.5 Å². The summed E-state index contributed by atoms with van der Waals surface area (Å²) in [5, 5.41) is 0. The predicted molar refractivity (Wildman–Crippen MR) is 113 cm³/mol. The van der Waals surface area contributed by atoms with E-state index in [-0.39, 0.29) is 5.41 Å². The highest BCUT2D eigenvalue weighted by molar-refractivity contribution is 5.84. The van der Waals surface area contributed by atoms with E-state index >= 15 is 0 Å². The largest absolute Gasteiger partial charge is 0.256 e. The van der Waals surface area contributed by atoms with Crippen LogP contribution in [0.5, 0.6) is 0 Å². The zero-order valence-corrected chi connectivity index (χ0v) is 15.6. The van der Waals surface area contributed by atoms with Gasteiger partial charge in [0.25, 0.3) is 0 Å². The molecule has 0 atom stereocenters. The SMILES string of the molecule is CC1(C)c2ccccc2-c2ccc(-c3cccc(-c4ccccn4)c3)cc21. The molecule has 1 aliphatic carbocycles. The standard InChI is InChI=1S/C26H21N/c1-26(2)23-11-4-3-10-21(23)22-14-13-19(17-24(22)26)18-8-7-9-20(16-18)25-12-5-6-15-27-25/h3-17H,1-2H3. The third-order valence-electron chi connectivity index (χ3n) is 5.74. The molecular formula is C26H21N. The van der Waals surface area contributed by atoms with Crippen molar-refractivity contribution >= 4 is 0 Å². The van der Waals surface area contributed by atoms with Gasteiger partial charge in [0.15, 0.2) is 0 Å². The van der Waals surface area contributed by atoms with Crippen LogP contribution in [-0.2, 0) is 5.41 Å². The van der Waals surface area contributed by atoms with E-state index in [1.54, 1.807) is 0 Å². The fourth-order valence-corrected chi connectivity index (χ4v) is 4.28. The first-order valence-corrected chi connectivity index (χ1v) is 9.41. The number of nitrogens with zero attached hydrogens (tertiary/aromatic N) is 1. The lowest BCUT2D eigenvalue weighted by Gasteiger charge is -2.22. The minimum Gasteiger partial charge on any atom is -0.256 e. The Labute approximate surface area is 160 Å². The van der Waals surface area contributed by atoms with Crippen molar-refractivity contribution in [1.29, 1.82) is 0 Å². The lowest BCUT2D eigenvalue weighted by Crippen LogP contribution is -2.14. The average Bonchev–Trinajstić information content (AvgIpc) is 2.96. The molecule has 0 fully saturated rings. The number of hydrogen-bond donors (Lipinski definition) is 0. The van der Waals surface area contributed by atoms with Crippen molar-refractivity contribution in [2.24, 2.45) is 0 Å². The molecule has 1 heterocycles. The molecule has 0 bridgehead atoms. The minimum absolute atomic E-state index is 0.0283. The first kappa shape index (κ1) is 16.0. The monoisotopic (exact) mass is 347 g/mol. The number of fused-ring (bicyclic) bond motifs is 3. The van der Waals surface area contributed by atoms with Crippen LogP contribution in [0.1, 0.15) is 25.0 Å². The van der Waals surface area contributed by atoms with Crippen LogP contribution in [0.2, 0.25) is 0 Å². The maximum atomic E-state index is 4.49. The molecule has 1 aliphatic rings. The first-order chi connectivity index (χ1) is 13.1. The van der Waals surface area contributed by atoms with Gasteiger partial charge < -0.3 is 0 Å². The molecule has 4 aromatic rings. The molecule has 1 nitrogen and oxygen atoms in total. The van der Waals surface area contributed by atoms with Gasteiger partial charge in [0.05, 0.1) is 5.69 Å². The number of benzene rings is 3. The average molecular weight is 347 g/mol. The molecule has 0 amide bonds. The lowest BCUT2D eigenvalue weighted by molar-refractivity contribution is 0.660. The smallest absolute Gasteiger partial charge is 0.0702 e. The second-order valence-electron chi connectivity index (χ2n) is 7.73. The van der Waals surface area contributed by atoms with Gasteiger partial charge in [-0.1, -0.05) is 74.5 Å². The van der Waals surface area contributed by atoms with Gasteiger partial charge in [-0.3, -0.25) is 4.98 Å². The summed E-state index contributed by atoms with van der Waals surface area (Å²) in [5.74, 6) is 0. The first-order valence-electron chi connectivity index (χ1n) is 9.41. The summed E-state index contributed by atoms with van der Waals surface area (Å²) in [6.07, 6.45) is 1.84. The van der Waals surface area contributed by atoms with Crippen LogP contribution in [0.15, 0.2) is 91.1 Å².